The van der Waals surface area contributed by atoms with Gasteiger partial charge in [0, 0.05) is 13.1 Å². The second kappa shape index (κ2) is 8.00. The van der Waals surface area contributed by atoms with Gasteiger partial charge in [-0.15, -0.1) is 0 Å². The van der Waals surface area contributed by atoms with Crippen LogP contribution in [0.25, 0.3) is 0 Å². The molecule has 118 valence electrons. The molecule has 6 heteroatoms. The van der Waals surface area contributed by atoms with Gasteiger partial charge >= 0.3 is 6.01 Å². The molecular weight excluding hydrogens is 266 g/mol. The van der Waals surface area contributed by atoms with Crippen LogP contribution in [-0.2, 0) is 0 Å². The molecule has 0 unspecified atom stereocenters. The van der Waals surface area contributed by atoms with Gasteiger partial charge in [-0.3, -0.25) is 0 Å². The predicted molar refractivity (Wildman–Crippen MR) is 84.8 cm³/mol. The second-order valence-electron chi connectivity index (χ2n) is 5.68. The topological polar surface area (TPSA) is 72.0 Å². The normalized spacial score (nSPS) is 21.9. The van der Waals surface area contributed by atoms with Gasteiger partial charge in [0.25, 0.3) is 0 Å². The Morgan fingerprint density at radius 1 is 0.952 bits per heavy atom. The quantitative estimate of drug-likeness (QED) is 0.805. The van der Waals surface area contributed by atoms with Crippen molar-refractivity contribution in [2.24, 2.45) is 11.8 Å². The molecule has 0 atom stereocenters. The highest BCUT2D eigenvalue weighted by atomic mass is 16.5. The molecular formula is C15H27N5O. The minimum absolute atomic E-state index is 0.346. The third kappa shape index (κ3) is 4.72. The Hall–Kier alpha value is -1.59. The fraction of sp³-hybridized carbons (Fsp3) is 0.800. The molecule has 1 aliphatic rings. The molecule has 1 aromatic rings. The van der Waals surface area contributed by atoms with Crippen LogP contribution in [-0.4, -0.2) is 35.2 Å². The van der Waals surface area contributed by atoms with Crippen molar-refractivity contribution in [2.45, 2.75) is 46.0 Å². The van der Waals surface area contributed by atoms with Gasteiger partial charge in [-0.1, -0.05) is 26.2 Å². The first kappa shape index (κ1) is 15.8. The van der Waals surface area contributed by atoms with Gasteiger partial charge in [0.15, 0.2) is 0 Å². The summed E-state index contributed by atoms with van der Waals surface area (Å²) in [5.41, 5.74) is 0. The molecule has 0 amide bonds. The summed E-state index contributed by atoms with van der Waals surface area (Å²) in [5.74, 6) is 2.80. The molecule has 1 aliphatic carbocycles. The molecule has 0 aromatic carbocycles. The monoisotopic (exact) mass is 293 g/mol. The molecule has 2 N–H and O–H groups in total. The van der Waals surface area contributed by atoms with Crippen molar-refractivity contribution in [1.82, 2.24) is 15.0 Å². The molecule has 0 spiro atoms. The van der Waals surface area contributed by atoms with E-state index in [2.05, 4.69) is 32.5 Å². The Morgan fingerprint density at radius 2 is 1.57 bits per heavy atom. The first-order valence-corrected chi connectivity index (χ1v) is 8.02. The Kier molecular flexibility index (Phi) is 6.02. The van der Waals surface area contributed by atoms with E-state index in [1.54, 1.807) is 7.11 Å². The zero-order valence-electron chi connectivity index (χ0n) is 13.4. The summed E-state index contributed by atoms with van der Waals surface area (Å²) in [5, 5.41) is 6.43. The minimum atomic E-state index is 0.346. The zero-order chi connectivity index (χ0) is 15.1. The number of hydrogen-bond acceptors (Lipinski definition) is 6. The lowest BCUT2D eigenvalue weighted by Crippen LogP contribution is -2.22. The molecule has 0 saturated heterocycles. The smallest absolute Gasteiger partial charge is 0.322 e. The molecule has 21 heavy (non-hydrogen) atoms. The summed E-state index contributed by atoms with van der Waals surface area (Å²) in [7, 11) is 1.57. The Morgan fingerprint density at radius 3 is 2.14 bits per heavy atom. The minimum Gasteiger partial charge on any atom is -0.467 e. The number of methoxy groups -OCH3 is 1. The maximum absolute atomic E-state index is 5.12. The molecule has 0 radical (unpaired) electrons. The van der Waals surface area contributed by atoms with Gasteiger partial charge in [-0.25, -0.2) is 0 Å². The van der Waals surface area contributed by atoms with Gasteiger partial charge in [-0.2, -0.15) is 15.0 Å². The molecule has 1 aromatic heterocycles. The van der Waals surface area contributed by atoms with E-state index in [1.165, 1.54) is 32.1 Å². The average Bonchev–Trinajstić information content (AvgIpc) is 2.53. The molecule has 6 nitrogen and oxygen atoms in total. The lowest BCUT2D eigenvalue weighted by atomic mass is 9.81. The van der Waals surface area contributed by atoms with Crippen LogP contribution < -0.4 is 15.4 Å². The number of rotatable bonds is 7. The number of aromatic nitrogens is 3. The van der Waals surface area contributed by atoms with Gasteiger partial charge < -0.3 is 15.4 Å². The molecule has 2 rings (SSSR count). The summed E-state index contributed by atoms with van der Waals surface area (Å²) in [6, 6.07) is 0.346. The van der Waals surface area contributed by atoms with E-state index in [-0.39, 0.29) is 0 Å². The number of ether oxygens (including phenoxy) is 1. The lowest BCUT2D eigenvalue weighted by molar-refractivity contribution is 0.278. The first-order chi connectivity index (χ1) is 10.2. The fourth-order valence-electron chi connectivity index (χ4n) is 2.84. The van der Waals surface area contributed by atoms with Crippen LogP contribution in [0.1, 0.15) is 46.0 Å². The van der Waals surface area contributed by atoms with Crippen LogP contribution in [0.15, 0.2) is 0 Å². The number of anilines is 2. The van der Waals surface area contributed by atoms with Crippen LogP contribution in [0.5, 0.6) is 6.01 Å². The van der Waals surface area contributed by atoms with Crippen LogP contribution in [0.3, 0.4) is 0 Å². The third-order valence-corrected chi connectivity index (χ3v) is 4.22. The van der Waals surface area contributed by atoms with Crippen molar-refractivity contribution in [3.05, 3.63) is 0 Å². The predicted octanol–water partition coefficient (Wildman–Crippen LogP) is 2.94. The van der Waals surface area contributed by atoms with Crippen LogP contribution in [0, 0.1) is 11.8 Å². The average molecular weight is 293 g/mol. The van der Waals surface area contributed by atoms with E-state index in [0.717, 1.165) is 24.9 Å². The molecule has 0 bridgehead atoms. The highest BCUT2D eigenvalue weighted by molar-refractivity contribution is 5.35. The zero-order valence-corrected chi connectivity index (χ0v) is 13.4. The summed E-state index contributed by atoms with van der Waals surface area (Å²) in [4.78, 5) is 12.8. The maximum atomic E-state index is 5.12. The Balaban J connectivity index is 1.89. The molecule has 0 aliphatic heterocycles. The van der Waals surface area contributed by atoms with Gasteiger partial charge in [0.1, 0.15) is 0 Å². The van der Waals surface area contributed by atoms with Gasteiger partial charge in [0.05, 0.1) is 7.11 Å². The van der Waals surface area contributed by atoms with E-state index in [4.69, 9.17) is 4.74 Å². The highest BCUT2D eigenvalue weighted by Gasteiger charge is 2.20. The molecule has 1 saturated carbocycles. The van der Waals surface area contributed by atoms with Crippen LogP contribution in [0.2, 0.25) is 0 Å². The standard InChI is InChI=1S/C15H27N5O/c1-4-11-6-8-12(9-7-11)10-17-14-18-13(16-5-2)19-15(20-14)21-3/h11-12H,4-10H2,1-3H3,(H2,16,17,18,19,20). The van der Waals surface area contributed by atoms with E-state index >= 15 is 0 Å². The highest BCUT2D eigenvalue weighted by Crippen LogP contribution is 2.30. The Bertz CT molecular complexity index is 432. The van der Waals surface area contributed by atoms with Crippen LogP contribution in [0.4, 0.5) is 11.9 Å². The fourth-order valence-corrected chi connectivity index (χ4v) is 2.84. The van der Waals surface area contributed by atoms with E-state index < -0.39 is 0 Å². The van der Waals surface area contributed by atoms with Crippen molar-refractivity contribution in [1.29, 1.82) is 0 Å². The third-order valence-electron chi connectivity index (χ3n) is 4.22. The molecule has 1 fully saturated rings. The number of hydrogen-bond donors (Lipinski definition) is 2. The second-order valence-corrected chi connectivity index (χ2v) is 5.68. The van der Waals surface area contributed by atoms with E-state index in [1.807, 2.05) is 6.92 Å². The van der Waals surface area contributed by atoms with Gasteiger partial charge in [0.2, 0.25) is 11.9 Å². The van der Waals surface area contributed by atoms with Crippen molar-refractivity contribution in [2.75, 3.05) is 30.8 Å². The summed E-state index contributed by atoms with van der Waals surface area (Å²) < 4.78 is 5.12. The SMILES string of the molecule is CCNc1nc(NCC2CCC(CC)CC2)nc(OC)n1. The van der Waals surface area contributed by atoms with E-state index in [0.29, 0.717) is 17.9 Å². The van der Waals surface area contributed by atoms with E-state index in [9.17, 15) is 0 Å². The lowest BCUT2D eigenvalue weighted by Gasteiger charge is -2.27. The van der Waals surface area contributed by atoms with Crippen molar-refractivity contribution in [3.63, 3.8) is 0 Å². The number of nitrogens with zero attached hydrogens (tertiary/aromatic N) is 3. The summed E-state index contributed by atoms with van der Waals surface area (Å²) in [6.07, 6.45) is 6.62. The van der Waals surface area contributed by atoms with Gasteiger partial charge in [-0.05, 0) is 31.6 Å². The Labute approximate surface area is 127 Å². The summed E-state index contributed by atoms with van der Waals surface area (Å²) in [6.45, 7) is 6.00. The maximum Gasteiger partial charge on any atom is 0.322 e. The first-order valence-electron chi connectivity index (χ1n) is 8.02. The van der Waals surface area contributed by atoms with Crippen molar-refractivity contribution >= 4 is 11.9 Å². The molecule has 1 heterocycles. The number of nitrogens with one attached hydrogen (secondary N) is 2. The van der Waals surface area contributed by atoms with Crippen molar-refractivity contribution < 1.29 is 4.74 Å². The van der Waals surface area contributed by atoms with Crippen molar-refractivity contribution in [3.8, 4) is 6.01 Å². The largest absolute Gasteiger partial charge is 0.467 e. The summed E-state index contributed by atoms with van der Waals surface area (Å²) >= 11 is 0. The van der Waals surface area contributed by atoms with Crippen LogP contribution >= 0.6 is 0 Å².